The molecule has 6 nitrogen and oxygen atoms in total. The van der Waals surface area contributed by atoms with Gasteiger partial charge in [0.15, 0.2) is 11.5 Å². The standard InChI is InChI=1S/C9H10Cl2N6/c10-9(11)1-4(9)2-13-6-5-7(15-3-14-5)17-8(12)16-6/h3-4H,1-2H2,(H4,12,13,14,15,16,17). The number of anilines is 2. The molecule has 8 heteroatoms. The van der Waals surface area contributed by atoms with E-state index in [1.54, 1.807) is 6.33 Å². The van der Waals surface area contributed by atoms with Crippen molar-refractivity contribution in [3.8, 4) is 0 Å². The Morgan fingerprint density at radius 1 is 1.53 bits per heavy atom. The number of H-pyrrole nitrogens is 1. The first kappa shape index (κ1) is 10.9. The second kappa shape index (κ2) is 3.61. The Bertz CT molecular complexity index is 566. The van der Waals surface area contributed by atoms with Gasteiger partial charge in [0.2, 0.25) is 5.95 Å². The molecule has 0 radical (unpaired) electrons. The zero-order valence-electron chi connectivity index (χ0n) is 8.74. The largest absolute Gasteiger partial charge is 0.368 e. The number of alkyl halides is 2. The highest BCUT2D eigenvalue weighted by Crippen LogP contribution is 2.52. The van der Waals surface area contributed by atoms with Crippen molar-refractivity contribution in [2.45, 2.75) is 10.8 Å². The molecule has 2 aromatic rings. The van der Waals surface area contributed by atoms with Crippen molar-refractivity contribution in [3.63, 3.8) is 0 Å². The summed E-state index contributed by atoms with van der Waals surface area (Å²) >= 11 is 11.9. The predicted octanol–water partition coefficient (Wildman–Crippen LogP) is 1.54. The van der Waals surface area contributed by atoms with E-state index >= 15 is 0 Å². The van der Waals surface area contributed by atoms with Crippen LogP contribution in [-0.4, -0.2) is 30.8 Å². The van der Waals surface area contributed by atoms with Crippen LogP contribution in [0.3, 0.4) is 0 Å². The van der Waals surface area contributed by atoms with Crippen molar-refractivity contribution >= 4 is 46.1 Å². The van der Waals surface area contributed by atoms with Crippen molar-refractivity contribution in [2.75, 3.05) is 17.6 Å². The monoisotopic (exact) mass is 272 g/mol. The molecule has 1 atom stereocenters. The molecule has 3 rings (SSSR count). The van der Waals surface area contributed by atoms with E-state index in [4.69, 9.17) is 28.9 Å². The molecule has 2 heterocycles. The number of aromatic nitrogens is 4. The molecule has 0 saturated heterocycles. The van der Waals surface area contributed by atoms with E-state index in [2.05, 4.69) is 25.3 Å². The second-order valence-electron chi connectivity index (χ2n) is 4.07. The van der Waals surface area contributed by atoms with Gasteiger partial charge in [0, 0.05) is 12.5 Å². The highest BCUT2D eigenvalue weighted by molar-refractivity contribution is 6.50. The number of halogens is 2. The molecule has 2 aromatic heterocycles. The Hall–Kier alpha value is -1.27. The van der Waals surface area contributed by atoms with Crippen molar-refractivity contribution < 1.29 is 0 Å². The van der Waals surface area contributed by atoms with Gasteiger partial charge in [0.25, 0.3) is 0 Å². The van der Waals surface area contributed by atoms with Crippen LogP contribution in [0.1, 0.15) is 6.42 Å². The van der Waals surface area contributed by atoms with Crippen LogP contribution < -0.4 is 11.1 Å². The number of nitrogens with zero attached hydrogens (tertiary/aromatic N) is 3. The third-order valence-electron chi connectivity index (χ3n) is 2.77. The maximum Gasteiger partial charge on any atom is 0.224 e. The fourth-order valence-corrected chi connectivity index (χ4v) is 2.22. The first-order valence-electron chi connectivity index (χ1n) is 5.14. The summed E-state index contributed by atoms with van der Waals surface area (Å²) < 4.78 is -0.599. The van der Waals surface area contributed by atoms with Crippen LogP contribution in [-0.2, 0) is 0 Å². The lowest BCUT2D eigenvalue weighted by Crippen LogP contribution is -2.10. The quantitative estimate of drug-likeness (QED) is 0.738. The van der Waals surface area contributed by atoms with Crippen LogP contribution in [0, 0.1) is 5.92 Å². The maximum absolute atomic E-state index is 5.95. The maximum atomic E-state index is 5.95. The van der Waals surface area contributed by atoms with Gasteiger partial charge in [-0.25, -0.2) is 4.98 Å². The second-order valence-corrected chi connectivity index (χ2v) is 5.62. The van der Waals surface area contributed by atoms with E-state index in [-0.39, 0.29) is 11.9 Å². The number of nitrogen functional groups attached to an aromatic ring is 1. The number of aromatic amines is 1. The summed E-state index contributed by atoms with van der Waals surface area (Å²) in [7, 11) is 0. The smallest absolute Gasteiger partial charge is 0.224 e. The highest BCUT2D eigenvalue weighted by atomic mass is 35.5. The summed E-state index contributed by atoms with van der Waals surface area (Å²) in [5.41, 5.74) is 6.86. The fourth-order valence-electron chi connectivity index (χ4n) is 1.69. The Labute approximate surface area is 107 Å². The normalized spacial score (nSPS) is 21.6. The fraction of sp³-hybridized carbons (Fsp3) is 0.444. The van der Waals surface area contributed by atoms with E-state index in [0.29, 0.717) is 18.0 Å². The van der Waals surface area contributed by atoms with Gasteiger partial charge in [0.05, 0.1) is 6.33 Å². The van der Waals surface area contributed by atoms with Crippen LogP contribution in [0.2, 0.25) is 0 Å². The highest BCUT2D eigenvalue weighted by Gasteiger charge is 2.51. The number of hydrogen-bond acceptors (Lipinski definition) is 5. The molecular formula is C9H10Cl2N6. The molecule has 1 saturated carbocycles. The van der Waals surface area contributed by atoms with E-state index in [9.17, 15) is 0 Å². The van der Waals surface area contributed by atoms with Gasteiger partial charge in [-0.2, -0.15) is 9.97 Å². The number of hydrogen-bond donors (Lipinski definition) is 3. The summed E-state index contributed by atoms with van der Waals surface area (Å²) in [5.74, 6) is 1.05. The lowest BCUT2D eigenvalue weighted by Gasteiger charge is -2.06. The number of imidazole rings is 1. The molecule has 1 fully saturated rings. The Morgan fingerprint density at radius 2 is 2.29 bits per heavy atom. The van der Waals surface area contributed by atoms with Crippen molar-refractivity contribution in [1.82, 2.24) is 19.9 Å². The van der Waals surface area contributed by atoms with Gasteiger partial charge in [-0.15, -0.1) is 23.2 Å². The van der Waals surface area contributed by atoms with E-state index in [1.807, 2.05) is 0 Å². The summed E-state index contributed by atoms with van der Waals surface area (Å²) in [5, 5.41) is 3.16. The molecule has 0 bridgehead atoms. The number of fused-ring (bicyclic) bond motifs is 1. The molecule has 0 aliphatic heterocycles. The predicted molar refractivity (Wildman–Crippen MR) is 67.1 cm³/mol. The lowest BCUT2D eigenvalue weighted by atomic mass is 10.4. The molecule has 0 spiro atoms. The van der Waals surface area contributed by atoms with E-state index < -0.39 is 4.33 Å². The van der Waals surface area contributed by atoms with E-state index in [1.165, 1.54) is 0 Å². The van der Waals surface area contributed by atoms with Crippen molar-refractivity contribution in [3.05, 3.63) is 6.33 Å². The summed E-state index contributed by atoms with van der Waals surface area (Å²) in [6.45, 7) is 0.650. The molecule has 1 unspecified atom stereocenters. The molecule has 1 aliphatic rings. The minimum absolute atomic E-state index is 0.186. The molecule has 0 amide bonds. The first-order valence-corrected chi connectivity index (χ1v) is 5.90. The number of rotatable bonds is 3. The van der Waals surface area contributed by atoms with Gasteiger partial charge in [-0.05, 0) is 6.42 Å². The van der Waals surface area contributed by atoms with Gasteiger partial charge >= 0.3 is 0 Å². The van der Waals surface area contributed by atoms with Crippen LogP contribution >= 0.6 is 23.2 Å². The minimum atomic E-state index is -0.599. The van der Waals surface area contributed by atoms with Crippen molar-refractivity contribution in [2.24, 2.45) is 5.92 Å². The Balaban J connectivity index is 1.82. The molecule has 90 valence electrons. The van der Waals surface area contributed by atoms with E-state index in [0.717, 1.165) is 11.9 Å². The SMILES string of the molecule is Nc1nc(NCC2CC2(Cl)Cl)c2[nH]cnc2n1. The summed E-state index contributed by atoms with van der Waals surface area (Å²) in [6, 6.07) is 0. The van der Waals surface area contributed by atoms with Gasteiger partial charge < -0.3 is 16.0 Å². The average Bonchev–Trinajstić information content (AvgIpc) is 2.69. The molecule has 17 heavy (non-hydrogen) atoms. The van der Waals surface area contributed by atoms with Crippen LogP contribution in [0.15, 0.2) is 6.33 Å². The third kappa shape index (κ3) is 1.98. The first-order chi connectivity index (χ1) is 8.06. The zero-order valence-corrected chi connectivity index (χ0v) is 10.3. The zero-order chi connectivity index (χ0) is 12.0. The molecular weight excluding hydrogens is 263 g/mol. The Kier molecular flexibility index (Phi) is 2.31. The van der Waals surface area contributed by atoms with Gasteiger partial charge in [0.1, 0.15) is 9.85 Å². The number of nitrogens with two attached hydrogens (primary N) is 1. The molecule has 0 aromatic carbocycles. The Morgan fingerprint density at radius 3 is 3.00 bits per heavy atom. The van der Waals surface area contributed by atoms with Crippen LogP contribution in [0.5, 0.6) is 0 Å². The average molecular weight is 273 g/mol. The third-order valence-corrected chi connectivity index (χ3v) is 3.70. The molecule has 4 N–H and O–H groups in total. The van der Waals surface area contributed by atoms with Crippen LogP contribution in [0.4, 0.5) is 11.8 Å². The lowest BCUT2D eigenvalue weighted by molar-refractivity contribution is 0.870. The van der Waals surface area contributed by atoms with Crippen molar-refractivity contribution in [1.29, 1.82) is 0 Å². The topological polar surface area (TPSA) is 92.5 Å². The van der Waals surface area contributed by atoms with Gasteiger partial charge in [-0.1, -0.05) is 0 Å². The van der Waals surface area contributed by atoms with Crippen LogP contribution in [0.25, 0.3) is 11.2 Å². The van der Waals surface area contributed by atoms with Gasteiger partial charge in [-0.3, -0.25) is 0 Å². The molecule has 1 aliphatic carbocycles. The summed E-state index contributed by atoms with van der Waals surface area (Å²) in [6.07, 6.45) is 2.34. The minimum Gasteiger partial charge on any atom is -0.368 e. The number of nitrogens with one attached hydrogen (secondary N) is 2. The summed E-state index contributed by atoms with van der Waals surface area (Å²) in [4.78, 5) is 15.1.